The molecule has 29 heavy (non-hydrogen) atoms. The predicted molar refractivity (Wildman–Crippen MR) is 109 cm³/mol. The van der Waals surface area contributed by atoms with Crippen molar-refractivity contribution in [1.82, 2.24) is 35.5 Å². The number of aromatic amines is 2. The molecule has 8 heteroatoms. The quantitative estimate of drug-likeness (QED) is 0.438. The van der Waals surface area contributed by atoms with E-state index >= 15 is 0 Å². The van der Waals surface area contributed by atoms with Crippen LogP contribution in [0, 0.1) is 0 Å². The summed E-state index contributed by atoms with van der Waals surface area (Å²) in [5, 5.41) is 12.0. The third-order valence-electron chi connectivity index (χ3n) is 5.67. The maximum absolute atomic E-state index is 5.24. The van der Waals surface area contributed by atoms with E-state index in [1.165, 1.54) is 0 Å². The van der Waals surface area contributed by atoms with Gasteiger partial charge in [0.05, 0.1) is 24.2 Å². The first-order valence-corrected chi connectivity index (χ1v) is 9.79. The summed E-state index contributed by atoms with van der Waals surface area (Å²) in [7, 11) is 0. The van der Waals surface area contributed by atoms with Crippen molar-refractivity contribution >= 4 is 22.1 Å². The van der Waals surface area contributed by atoms with Crippen LogP contribution in [0.3, 0.4) is 0 Å². The van der Waals surface area contributed by atoms with Crippen molar-refractivity contribution in [2.75, 3.05) is 13.1 Å². The van der Waals surface area contributed by atoms with Gasteiger partial charge >= 0.3 is 0 Å². The van der Waals surface area contributed by atoms with Crippen LogP contribution in [0.2, 0.25) is 0 Å². The lowest BCUT2D eigenvalue weighted by Gasteiger charge is -2.21. The summed E-state index contributed by atoms with van der Waals surface area (Å²) in [6.45, 7) is 2.07. The molecule has 8 nitrogen and oxygen atoms in total. The van der Waals surface area contributed by atoms with Crippen molar-refractivity contribution in [1.29, 1.82) is 0 Å². The van der Waals surface area contributed by atoms with Crippen LogP contribution in [-0.4, -0.2) is 43.2 Å². The van der Waals surface area contributed by atoms with E-state index in [4.69, 9.17) is 9.40 Å². The summed E-state index contributed by atoms with van der Waals surface area (Å²) in [6, 6.07) is 6.02. The first-order chi connectivity index (χ1) is 14.4. The topological polar surface area (TPSA) is 108 Å². The SMILES string of the molecule is c1cc(-c2ccoc2)c2nc(-c3n[nH]c4cnc(C5CCNCC5)cc34)[nH]c2n1. The van der Waals surface area contributed by atoms with Crippen LogP contribution < -0.4 is 5.32 Å². The van der Waals surface area contributed by atoms with Crippen molar-refractivity contribution in [2.24, 2.45) is 0 Å². The molecule has 1 saturated heterocycles. The number of nitrogens with zero attached hydrogens (tertiary/aromatic N) is 4. The van der Waals surface area contributed by atoms with E-state index in [1.807, 2.05) is 18.3 Å². The van der Waals surface area contributed by atoms with Gasteiger partial charge in [-0.2, -0.15) is 5.10 Å². The number of rotatable bonds is 3. The van der Waals surface area contributed by atoms with Crippen LogP contribution in [0.15, 0.2) is 47.5 Å². The monoisotopic (exact) mass is 385 g/mol. The smallest absolute Gasteiger partial charge is 0.160 e. The molecule has 0 bridgehead atoms. The molecule has 1 aliphatic heterocycles. The minimum atomic E-state index is 0.480. The maximum Gasteiger partial charge on any atom is 0.160 e. The molecule has 0 amide bonds. The Bertz CT molecular complexity index is 1300. The summed E-state index contributed by atoms with van der Waals surface area (Å²) in [5.74, 6) is 1.17. The maximum atomic E-state index is 5.24. The third-order valence-corrected chi connectivity index (χ3v) is 5.67. The number of furan rings is 1. The van der Waals surface area contributed by atoms with Crippen molar-refractivity contribution in [2.45, 2.75) is 18.8 Å². The van der Waals surface area contributed by atoms with Crippen molar-refractivity contribution in [3.8, 4) is 22.6 Å². The zero-order valence-electron chi connectivity index (χ0n) is 15.6. The van der Waals surface area contributed by atoms with Crippen LogP contribution in [0.25, 0.3) is 44.7 Å². The Hall–Kier alpha value is -3.52. The average molecular weight is 385 g/mol. The molecular formula is C21H19N7O. The Labute approximate surface area is 165 Å². The van der Waals surface area contributed by atoms with E-state index in [9.17, 15) is 0 Å². The zero-order valence-corrected chi connectivity index (χ0v) is 15.6. The van der Waals surface area contributed by atoms with E-state index in [1.54, 1.807) is 18.7 Å². The van der Waals surface area contributed by atoms with Gasteiger partial charge in [-0.15, -0.1) is 0 Å². The lowest BCUT2D eigenvalue weighted by Crippen LogP contribution is -2.27. The first-order valence-electron chi connectivity index (χ1n) is 9.79. The number of fused-ring (bicyclic) bond motifs is 2. The average Bonchev–Trinajstić information content (AvgIpc) is 3.52. The van der Waals surface area contributed by atoms with E-state index in [0.717, 1.165) is 70.5 Å². The molecule has 1 fully saturated rings. The fourth-order valence-corrected chi connectivity index (χ4v) is 4.13. The van der Waals surface area contributed by atoms with Crippen molar-refractivity contribution < 1.29 is 4.42 Å². The second-order valence-corrected chi connectivity index (χ2v) is 7.40. The zero-order chi connectivity index (χ0) is 19.2. The lowest BCUT2D eigenvalue weighted by molar-refractivity contribution is 0.453. The molecule has 0 spiro atoms. The molecule has 1 aliphatic rings. The molecule has 0 aromatic carbocycles. The summed E-state index contributed by atoms with van der Waals surface area (Å²) in [5.41, 5.74) is 6.28. The number of pyridine rings is 2. The number of imidazole rings is 1. The number of hydrogen-bond acceptors (Lipinski definition) is 6. The Morgan fingerprint density at radius 2 is 2.03 bits per heavy atom. The number of hydrogen-bond donors (Lipinski definition) is 3. The number of piperidine rings is 1. The Kier molecular flexibility index (Phi) is 3.70. The Balaban J connectivity index is 1.48. The van der Waals surface area contributed by atoms with Gasteiger partial charge in [0.25, 0.3) is 0 Å². The highest BCUT2D eigenvalue weighted by Gasteiger charge is 2.20. The first kappa shape index (κ1) is 16.4. The number of H-pyrrole nitrogens is 2. The van der Waals surface area contributed by atoms with Gasteiger partial charge in [-0.3, -0.25) is 10.1 Å². The fraction of sp³-hybridized carbons (Fsp3) is 0.238. The highest BCUT2D eigenvalue weighted by molar-refractivity contribution is 5.95. The minimum absolute atomic E-state index is 0.480. The molecule has 3 N–H and O–H groups in total. The van der Waals surface area contributed by atoms with Gasteiger partial charge in [0.2, 0.25) is 0 Å². The van der Waals surface area contributed by atoms with Gasteiger partial charge in [-0.05, 0) is 44.1 Å². The molecular weight excluding hydrogens is 366 g/mol. The molecule has 5 aromatic heterocycles. The van der Waals surface area contributed by atoms with Crippen molar-refractivity contribution in [3.63, 3.8) is 0 Å². The summed E-state index contributed by atoms with van der Waals surface area (Å²) < 4.78 is 5.24. The summed E-state index contributed by atoms with van der Waals surface area (Å²) in [6.07, 6.45) is 9.23. The van der Waals surface area contributed by atoms with Gasteiger partial charge in [0, 0.05) is 34.3 Å². The number of nitrogens with one attached hydrogen (secondary N) is 3. The largest absolute Gasteiger partial charge is 0.472 e. The lowest BCUT2D eigenvalue weighted by atomic mass is 9.93. The molecule has 0 atom stereocenters. The highest BCUT2D eigenvalue weighted by Crippen LogP contribution is 2.32. The molecule has 0 aliphatic carbocycles. The molecule has 0 radical (unpaired) electrons. The summed E-state index contributed by atoms with van der Waals surface area (Å²) >= 11 is 0. The molecule has 6 heterocycles. The van der Waals surface area contributed by atoms with Crippen molar-refractivity contribution in [3.05, 3.63) is 48.8 Å². The van der Waals surface area contributed by atoms with Gasteiger partial charge in [0.15, 0.2) is 11.5 Å². The second-order valence-electron chi connectivity index (χ2n) is 7.40. The van der Waals surface area contributed by atoms with Crippen LogP contribution in [0.5, 0.6) is 0 Å². The fourth-order valence-electron chi connectivity index (χ4n) is 4.13. The van der Waals surface area contributed by atoms with E-state index in [2.05, 4.69) is 36.5 Å². The molecule has 0 unspecified atom stereocenters. The van der Waals surface area contributed by atoms with Gasteiger partial charge in [-0.1, -0.05) is 0 Å². The summed E-state index contributed by atoms with van der Waals surface area (Å²) in [4.78, 5) is 17.3. The standard InChI is InChI=1S/C21H19N7O/c1-5-22-6-2-12(1)16-9-15-17(10-24-16)27-28-19(15)21-25-18-14(13-4-8-29-11-13)3-7-23-20(18)26-21/h3-4,7-12,22H,1-2,5-6H2,(H,27,28)(H,23,25,26). The van der Waals surface area contributed by atoms with Gasteiger partial charge < -0.3 is 14.7 Å². The van der Waals surface area contributed by atoms with Crippen LogP contribution in [0.1, 0.15) is 24.5 Å². The normalized spacial score (nSPS) is 15.4. The third kappa shape index (κ3) is 2.72. The van der Waals surface area contributed by atoms with E-state index in [-0.39, 0.29) is 0 Å². The molecule has 6 rings (SSSR count). The van der Waals surface area contributed by atoms with E-state index < -0.39 is 0 Å². The molecule has 5 aromatic rings. The predicted octanol–water partition coefficient (Wildman–Crippen LogP) is 3.62. The van der Waals surface area contributed by atoms with Crippen LogP contribution >= 0.6 is 0 Å². The van der Waals surface area contributed by atoms with Gasteiger partial charge in [0.1, 0.15) is 11.2 Å². The van der Waals surface area contributed by atoms with E-state index in [0.29, 0.717) is 11.7 Å². The number of aromatic nitrogens is 6. The van der Waals surface area contributed by atoms with Crippen LogP contribution in [-0.2, 0) is 0 Å². The van der Waals surface area contributed by atoms with Crippen LogP contribution in [0.4, 0.5) is 0 Å². The Morgan fingerprint density at radius 1 is 1.10 bits per heavy atom. The minimum Gasteiger partial charge on any atom is -0.472 e. The Morgan fingerprint density at radius 3 is 2.90 bits per heavy atom. The van der Waals surface area contributed by atoms with Gasteiger partial charge in [-0.25, -0.2) is 9.97 Å². The molecule has 144 valence electrons. The highest BCUT2D eigenvalue weighted by atomic mass is 16.3. The second kappa shape index (κ2) is 6.52. The molecule has 0 saturated carbocycles.